The number of benzene rings is 1. The second kappa shape index (κ2) is 3.60. The number of hydrogen-bond donors (Lipinski definition) is 2. The molecular formula is C13H15N3O. The maximum atomic E-state index is 9.22. The number of nitrogens with two attached hydrogens (primary N) is 1. The van der Waals surface area contributed by atoms with Gasteiger partial charge in [0.2, 0.25) is 0 Å². The second-order valence-electron chi connectivity index (χ2n) is 4.85. The Kier molecular flexibility index (Phi) is 2.19. The predicted molar refractivity (Wildman–Crippen MR) is 65.1 cm³/mol. The van der Waals surface area contributed by atoms with E-state index in [2.05, 4.69) is 5.10 Å². The quantitative estimate of drug-likeness (QED) is 0.840. The fourth-order valence-electron chi connectivity index (χ4n) is 1.94. The van der Waals surface area contributed by atoms with Gasteiger partial charge in [0, 0.05) is 11.7 Å². The summed E-state index contributed by atoms with van der Waals surface area (Å²) in [7, 11) is 0. The highest BCUT2D eigenvalue weighted by molar-refractivity contribution is 5.36. The van der Waals surface area contributed by atoms with Crippen molar-refractivity contribution in [3.8, 4) is 11.4 Å². The van der Waals surface area contributed by atoms with Crippen LogP contribution in [-0.2, 0) is 6.42 Å². The van der Waals surface area contributed by atoms with E-state index in [0.29, 0.717) is 0 Å². The number of aromatic nitrogens is 2. The van der Waals surface area contributed by atoms with Crippen LogP contribution >= 0.6 is 0 Å². The zero-order valence-electron chi connectivity index (χ0n) is 9.50. The smallest absolute Gasteiger partial charge is 0.115 e. The number of nitrogens with zero attached hydrogens (tertiary/aromatic N) is 2. The Balaban J connectivity index is 1.82. The first-order chi connectivity index (χ1) is 8.15. The molecule has 88 valence electrons. The van der Waals surface area contributed by atoms with Gasteiger partial charge in [-0.3, -0.25) is 0 Å². The number of phenolic OH excluding ortho intramolecular Hbond substituents is 1. The van der Waals surface area contributed by atoms with E-state index in [1.54, 1.807) is 16.8 Å². The molecule has 0 aliphatic heterocycles. The van der Waals surface area contributed by atoms with Gasteiger partial charge in [0.25, 0.3) is 0 Å². The highest BCUT2D eigenvalue weighted by Crippen LogP contribution is 2.35. The lowest BCUT2D eigenvalue weighted by Crippen LogP contribution is -2.24. The summed E-state index contributed by atoms with van der Waals surface area (Å²) >= 11 is 0. The van der Waals surface area contributed by atoms with Gasteiger partial charge in [0.15, 0.2) is 0 Å². The largest absolute Gasteiger partial charge is 0.508 e. The van der Waals surface area contributed by atoms with E-state index in [9.17, 15) is 5.11 Å². The predicted octanol–water partition coefficient (Wildman–Crippen LogP) is 1.61. The van der Waals surface area contributed by atoms with Crippen LogP contribution in [0, 0.1) is 0 Å². The molecular weight excluding hydrogens is 214 g/mol. The first-order valence-corrected chi connectivity index (χ1v) is 5.77. The third-order valence-electron chi connectivity index (χ3n) is 3.20. The fourth-order valence-corrected chi connectivity index (χ4v) is 1.94. The van der Waals surface area contributed by atoms with Gasteiger partial charge in [-0.15, -0.1) is 0 Å². The van der Waals surface area contributed by atoms with E-state index in [4.69, 9.17) is 5.73 Å². The number of aromatic hydroxyl groups is 1. The molecule has 2 aromatic rings. The Bertz CT molecular complexity index is 526. The van der Waals surface area contributed by atoms with Gasteiger partial charge >= 0.3 is 0 Å². The van der Waals surface area contributed by atoms with Crippen molar-refractivity contribution in [1.29, 1.82) is 0 Å². The van der Waals surface area contributed by atoms with Gasteiger partial charge in [-0.05, 0) is 49.1 Å². The number of rotatable bonds is 3. The molecule has 0 radical (unpaired) electrons. The summed E-state index contributed by atoms with van der Waals surface area (Å²) < 4.78 is 1.81. The van der Waals surface area contributed by atoms with Crippen molar-refractivity contribution in [2.45, 2.75) is 24.8 Å². The van der Waals surface area contributed by atoms with E-state index >= 15 is 0 Å². The molecule has 0 spiro atoms. The van der Waals surface area contributed by atoms with Crippen LogP contribution in [0.15, 0.2) is 36.7 Å². The normalized spacial score (nSPS) is 17.0. The molecule has 0 unspecified atom stereocenters. The topological polar surface area (TPSA) is 64.1 Å². The highest BCUT2D eigenvalue weighted by atomic mass is 16.3. The lowest BCUT2D eigenvalue weighted by Gasteiger charge is -2.04. The molecule has 4 heteroatoms. The fraction of sp³-hybridized carbons (Fsp3) is 0.308. The minimum Gasteiger partial charge on any atom is -0.508 e. The molecule has 1 saturated carbocycles. The van der Waals surface area contributed by atoms with Crippen molar-refractivity contribution < 1.29 is 5.11 Å². The van der Waals surface area contributed by atoms with E-state index in [1.807, 2.05) is 24.5 Å². The molecule has 0 amide bonds. The minimum absolute atomic E-state index is 0.0167. The van der Waals surface area contributed by atoms with E-state index < -0.39 is 0 Å². The van der Waals surface area contributed by atoms with Crippen molar-refractivity contribution in [2.24, 2.45) is 5.73 Å². The number of hydrogen-bond acceptors (Lipinski definition) is 3. The van der Waals surface area contributed by atoms with Crippen molar-refractivity contribution in [2.75, 3.05) is 0 Å². The van der Waals surface area contributed by atoms with Crippen molar-refractivity contribution in [1.82, 2.24) is 9.78 Å². The third kappa shape index (κ3) is 2.17. The summed E-state index contributed by atoms with van der Waals surface area (Å²) in [5.74, 6) is 0.264. The van der Waals surface area contributed by atoms with Crippen LogP contribution in [0.1, 0.15) is 18.4 Å². The van der Waals surface area contributed by atoms with E-state index in [-0.39, 0.29) is 11.3 Å². The summed E-state index contributed by atoms with van der Waals surface area (Å²) in [6.45, 7) is 0. The molecule has 1 aromatic heterocycles. The van der Waals surface area contributed by atoms with Crippen LogP contribution < -0.4 is 5.73 Å². The Morgan fingerprint density at radius 3 is 2.65 bits per heavy atom. The van der Waals surface area contributed by atoms with Gasteiger partial charge in [-0.2, -0.15) is 5.10 Å². The molecule has 1 aromatic carbocycles. The van der Waals surface area contributed by atoms with E-state index in [1.165, 1.54) is 0 Å². The van der Waals surface area contributed by atoms with Crippen molar-refractivity contribution >= 4 is 0 Å². The Labute approximate surface area is 99.7 Å². The summed E-state index contributed by atoms with van der Waals surface area (Å²) in [5, 5.41) is 13.5. The maximum absolute atomic E-state index is 9.22. The molecule has 0 bridgehead atoms. The standard InChI is InChI=1S/C13H15N3O/c14-13(5-6-13)7-10-8-15-16(9-10)11-1-3-12(17)4-2-11/h1-4,8-9,17H,5-7,14H2. The lowest BCUT2D eigenvalue weighted by atomic mass is 10.1. The Morgan fingerprint density at radius 2 is 2.00 bits per heavy atom. The van der Waals surface area contributed by atoms with Gasteiger partial charge in [-0.25, -0.2) is 4.68 Å². The molecule has 1 fully saturated rings. The first-order valence-electron chi connectivity index (χ1n) is 5.77. The number of phenols is 1. The third-order valence-corrected chi connectivity index (χ3v) is 3.20. The van der Waals surface area contributed by atoms with Crippen LogP contribution in [0.5, 0.6) is 5.75 Å². The zero-order valence-corrected chi connectivity index (χ0v) is 9.50. The maximum Gasteiger partial charge on any atom is 0.115 e. The molecule has 0 atom stereocenters. The molecule has 17 heavy (non-hydrogen) atoms. The first kappa shape index (κ1) is 10.4. The lowest BCUT2D eigenvalue weighted by molar-refractivity contribution is 0.475. The molecule has 1 aliphatic carbocycles. The van der Waals surface area contributed by atoms with Crippen LogP contribution in [0.3, 0.4) is 0 Å². The van der Waals surface area contributed by atoms with Gasteiger partial charge in [0.05, 0.1) is 11.9 Å². The highest BCUT2D eigenvalue weighted by Gasteiger charge is 2.38. The summed E-state index contributed by atoms with van der Waals surface area (Å²) in [6.07, 6.45) is 6.97. The molecule has 1 heterocycles. The Hall–Kier alpha value is -1.81. The average molecular weight is 229 g/mol. The zero-order chi connectivity index (χ0) is 11.9. The monoisotopic (exact) mass is 229 g/mol. The van der Waals surface area contributed by atoms with Gasteiger partial charge in [-0.1, -0.05) is 0 Å². The molecule has 3 rings (SSSR count). The van der Waals surface area contributed by atoms with Crippen LogP contribution in [0.2, 0.25) is 0 Å². The summed E-state index contributed by atoms with van der Waals surface area (Å²) in [6, 6.07) is 6.98. The van der Waals surface area contributed by atoms with Crippen molar-refractivity contribution in [3.63, 3.8) is 0 Å². The molecule has 4 nitrogen and oxygen atoms in total. The van der Waals surface area contributed by atoms with Gasteiger partial charge in [0.1, 0.15) is 5.75 Å². The van der Waals surface area contributed by atoms with Crippen molar-refractivity contribution in [3.05, 3.63) is 42.2 Å². The van der Waals surface area contributed by atoms with Gasteiger partial charge < -0.3 is 10.8 Å². The molecule has 1 aliphatic rings. The Morgan fingerprint density at radius 1 is 1.29 bits per heavy atom. The SMILES string of the molecule is NC1(Cc2cnn(-c3ccc(O)cc3)c2)CC1. The molecule has 0 saturated heterocycles. The minimum atomic E-state index is 0.0167. The summed E-state index contributed by atoms with van der Waals surface area (Å²) in [5.41, 5.74) is 8.20. The van der Waals surface area contributed by atoms with E-state index in [0.717, 1.165) is 30.5 Å². The van der Waals surface area contributed by atoms with Crippen LogP contribution in [0.25, 0.3) is 5.69 Å². The summed E-state index contributed by atoms with van der Waals surface area (Å²) in [4.78, 5) is 0. The van der Waals surface area contributed by atoms with Crippen LogP contribution in [0.4, 0.5) is 0 Å². The van der Waals surface area contributed by atoms with Crippen LogP contribution in [-0.4, -0.2) is 20.4 Å². The molecule has 3 N–H and O–H groups in total. The second-order valence-corrected chi connectivity index (χ2v) is 4.85. The average Bonchev–Trinajstić information content (AvgIpc) is 2.86.